The number of nitrogens with zero attached hydrogens (tertiary/aromatic N) is 1. The molecule has 1 nitrogen and oxygen atoms in total. The summed E-state index contributed by atoms with van der Waals surface area (Å²) in [6, 6.07) is 0. The van der Waals surface area contributed by atoms with Crippen molar-refractivity contribution in [3.63, 3.8) is 0 Å². The number of hydrogen-bond donors (Lipinski definition) is 1. The van der Waals surface area contributed by atoms with Crippen LogP contribution in [0.25, 0.3) is 0 Å². The molecule has 112 valence electrons. The second-order valence-electron chi connectivity index (χ2n) is 5.33. The Morgan fingerprint density at radius 1 is 1.00 bits per heavy atom. The molecule has 0 aliphatic rings. The van der Waals surface area contributed by atoms with E-state index in [2.05, 4.69) is 25.0 Å². The van der Waals surface area contributed by atoms with E-state index in [-0.39, 0.29) is 0 Å². The Balaban J connectivity index is 3.41. The highest BCUT2D eigenvalue weighted by atomic mass is 32.3. The Hall–Kier alpha value is 0.280. The largest absolute Gasteiger partial charge is 0.186 e. The summed E-state index contributed by atoms with van der Waals surface area (Å²) in [6.45, 7) is 2.26. The standard InChI is InChI=1S/C15H29NS3/c1-3-4-5-6-7-8-9-10-11-12-13-19(2,14-16)15(17)18/h3-13H2,1-2H3,(H,17,18). The Labute approximate surface area is 132 Å². The Morgan fingerprint density at radius 2 is 1.42 bits per heavy atom. The van der Waals surface area contributed by atoms with Crippen molar-refractivity contribution in [1.82, 2.24) is 0 Å². The van der Waals surface area contributed by atoms with Crippen LogP contribution in [-0.4, -0.2) is 15.5 Å². The fourth-order valence-corrected chi connectivity index (χ4v) is 3.93. The Morgan fingerprint density at radius 3 is 1.79 bits per heavy atom. The van der Waals surface area contributed by atoms with E-state index in [1.165, 1.54) is 57.8 Å². The zero-order chi connectivity index (χ0) is 14.6. The molecule has 0 heterocycles. The second-order valence-corrected chi connectivity index (χ2v) is 10.2. The summed E-state index contributed by atoms with van der Waals surface area (Å²) in [7, 11) is -1.40. The van der Waals surface area contributed by atoms with Crippen LogP contribution in [0.3, 0.4) is 0 Å². The quantitative estimate of drug-likeness (QED) is 0.217. The predicted molar refractivity (Wildman–Crippen MR) is 97.4 cm³/mol. The van der Waals surface area contributed by atoms with Gasteiger partial charge < -0.3 is 0 Å². The SMILES string of the molecule is CCCCCCCCCCCCS(C)(C#N)C(=S)S. The minimum Gasteiger partial charge on any atom is -0.186 e. The molecule has 0 aliphatic carbocycles. The first kappa shape index (κ1) is 19.3. The molecule has 0 N–H and O–H groups in total. The summed E-state index contributed by atoms with van der Waals surface area (Å²) < 4.78 is 0.617. The molecule has 0 aromatic rings. The maximum absolute atomic E-state index is 9.15. The summed E-state index contributed by atoms with van der Waals surface area (Å²) in [5.74, 6) is 0.933. The molecule has 0 rings (SSSR count). The Kier molecular flexibility index (Phi) is 12.2. The van der Waals surface area contributed by atoms with Gasteiger partial charge in [0.05, 0.1) is 3.53 Å². The number of thiocyanates is 1. The molecule has 0 amide bonds. The monoisotopic (exact) mass is 319 g/mol. The molecule has 1 unspecified atom stereocenters. The molecule has 19 heavy (non-hydrogen) atoms. The van der Waals surface area contributed by atoms with Crippen molar-refractivity contribution in [2.75, 3.05) is 12.0 Å². The van der Waals surface area contributed by atoms with Crippen LogP contribution in [0.15, 0.2) is 0 Å². The van der Waals surface area contributed by atoms with Crippen LogP contribution >= 0.6 is 34.9 Å². The molecule has 1 atom stereocenters. The van der Waals surface area contributed by atoms with Crippen molar-refractivity contribution in [2.45, 2.75) is 71.1 Å². The number of hydrogen-bond acceptors (Lipinski definition) is 2. The fraction of sp³-hybridized carbons (Fsp3) is 0.867. The van der Waals surface area contributed by atoms with Gasteiger partial charge in [-0.05, 0) is 18.4 Å². The van der Waals surface area contributed by atoms with Gasteiger partial charge >= 0.3 is 0 Å². The first-order valence-corrected chi connectivity index (χ1v) is 10.5. The van der Waals surface area contributed by atoms with E-state index in [4.69, 9.17) is 17.5 Å². The highest BCUT2D eigenvalue weighted by Crippen LogP contribution is 2.46. The van der Waals surface area contributed by atoms with E-state index in [0.717, 1.165) is 12.2 Å². The second kappa shape index (κ2) is 12.1. The smallest absolute Gasteiger partial charge is 0.118 e. The zero-order valence-electron chi connectivity index (χ0n) is 12.5. The molecule has 0 aromatic heterocycles. The third-order valence-corrected chi connectivity index (χ3v) is 8.08. The third-order valence-electron chi connectivity index (χ3n) is 3.49. The fourth-order valence-electron chi connectivity index (χ4n) is 2.05. The molecule has 0 radical (unpaired) electrons. The van der Waals surface area contributed by atoms with Crippen molar-refractivity contribution in [1.29, 1.82) is 5.26 Å². The molecule has 0 saturated heterocycles. The lowest BCUT2D eigenvalue weighted by atomic mass is 10.1. The van der Waals surface area contributed by atoms with Gasteiger partial charge in [-0.15, -0.1) is 22.7 Å². The maximum Gasteiger partial charge on any atom is 0.118 e. The van der Waals surface area contributed by atoms with Gasteiger partial charge in [0.25, 0.3) is 0 Å². The van der Waals surface area contributed by atoms with Crippen LogP contribution in [0.1, 0.15) is 71.1 Å². The number of thiocarbonyl (C=S) groups is 1. The van der Waals surface area contributed by atoms with Crippen molar-refractivity contribution < 1.29 is 0 Å². The molecular formula is C15H29NS3. The summed E-state index contributed by atoms with van der Waals surface area (Å²) in [5.41, 5.74) is 0. The van der Waals surface area contributed by atoms with E-state index in [0.29, 0.717) is 3.53 Å². The van der Waals surface area contributed by atoms with Crippen LogP contribution in [0.5, 0.6) is 0 Å². The van der Waals surface area contributed by atoms with Crippen LogP contribution in [0.2, 0.25) is 0 Å². The number of rotatable bonds is 11. The van der Waals surface area contributed by atoms with E-state index < -0.39 is 10.0 Å². The third kappa shape index (κ3) is 9.76. The average Bonchev–Trinajstić information content (AvgIpc) is 2.40. The lowest BCUT2D eigenvalue weighted by Gasteiger charge is -2.25. The van der Waals surface area contributed by atoms with E-state index >= 15 is 0 Å². The van der Waals surface area contributed by atoms with Crippen LogP contribution in [0.4, 0.5) is 0 Å². The lowest BCUT2D eigenvalue weighted by Crippen LogP contribution is -2.06. The van der Waals surface area contributed by atoms with Gasteiger partial charge in [0.2, 0.25) is 0 Å². The maximum atomic E-state index is 9.15. The van der Waals surface area contributed by atoms with Crippen molar-refractivity contribution in [2.24, 2.45) is 0 Å². The van der Waals surface area contributed by atoms with Crippen molar-refractivity contribution in [3.05, 3.63) is 0 Å². The van der Waals surface area contributed by atoms with Crippen LogP contribution in [0, 0.1) is 10.7 Å². The predicted octanol–water partition coefficient (Wildman–Crippen LogP) is 6.04. The molecule has 4 heteroatoms. The Bertz CT molecular complexity index is 286. The molecule has 0 spiro atoms. The van der Waals surface area contributed by atoms with Crippen molar-refractivity contribution >= 4 is 38.4 Å². The van der Waals surface area contributed by atoms with Gasteiger partial charge in [0.15, 0.2) is 0 Å². The van der Waals surface area contributed by atoms with Crippen LogP contribution in [-0.2, 0) is 0 Å². The van der Waals surface area contributed by atoms with Gasteiger partial charge in [-0.1, -0.05) is 76.9 Å². The molecule has 0 aromatic carbocycles. The summed E-state index contributed by atoms with van der Waals surface area (Å²) in [4.78, 5) is 0. The van der Waals surface area contributed by atoms with Gasteiger partial charge in [-0.3, -0.25) is 0 Å². The minimum absolute atomic E-state index is 0.617. The number of nitriles is 1. The lowest BCUT2D eigenvalue weighted by molar-refractivity contribution is 0.563. The van der Waals surface area contributed by atoms with E-state index in [9.17, 15) is 0 Å². The average molecular weight is 320 g/mol. The van der Waals surface area contributed by atoms with Gasteiger partial charge in [0, 0.05) is 0 Å². The van der Waals surface area contributed by atoms with E-state index in [1.54, 1.807) is 0 Å². The highest BCUT2D eigenvalue weighted by Gasteiger charge is 2.19. The highest BCUT2D eigenvalue weighted by molar-refractivity contribution is 8.62. The van der Waals surface area contributed by atoms with Gasteiger partial charge in [-0.2, -0.15) is 5.26 Å². The normalized spacial score (nSPS) is 15.5. The topological polar surface area (TPSA) is 23.8 Å². The molecule has 0 saturated carbocycles. The van der Waals surface area contributed by atoms with Crippen molar-refractivity contribution in [3.8, 4) is 5.40 Å². The molecular weight excluding hydrogens is 290 g/mol. The first-order valence-electron chi connectivity index (χ1n) is 7.46. The number of unbranched alkanes of at least 4 members (excludes halogenated alkanes) is 9. The van der Waals surface area contributed by atoms with Gasteiger partial charge in [0.1, 0.15) is 5.40 Å². The van der Waals surface area contributed by atoms with E-state index in [1.807, 2.05) is 6.26 Å². The summed E-state index contributed by atoms with van der Waals surface area (Å²) in [5, 5.41) is 11.5. The van der Waals surface area contributed by atoms with Gasteiger partial charge in [-0.25, -0.2) is 0 Å². The molecule has 0 aliphatic heterocycles. The molecule has 0 bridgehead atoms. The summed E-state index contributed by atoms with van der Waals surface area (Å²) >= 11 is 9.28. The zero-order valence-corrected chi connectivity index (χ0v) is 15.0. The summed E-state index contributed by atoms with van der Waals surface area (Å²) in [6.07, 6.45) is 15.3. The van der Waals surface area contributed by atoms with Crippen LogP contribution < -0.4 is 0 Å². The number of thiol groups is 1. The minimum atomic E-state index is -1.40. The first-order chi connectivity index (χ1) is 9.06. The molecule has 0 fully saturated rings.